The van der Waals surface area contributed by atoms with Crippen molar-refractivity contribution in [2.24, 2.45) is 0 Å². The van der Waals surface area contributed by atoms with E-state index < -0.39 is 0 Å². The van der Waals surface area contributed by atoms with Crippen LogP contribution in [-0.2, 0) is 0 Å². The summed E-state index contributed by atoms with van der Waals surface area (Å²) >= 11 is 8.47. The molecule has 0 radical (unpaired) electrons. The second-order valence-corrected chi connectivity index (χ2v) is 4.78. The summed E-state index contributed by atoms with van der Waals surface area (Å²) < 4.78 is 0. The van der Waals surface area contributed by atoms with Gasteiger partial charge in [-0.1, -0.05) is 24.3 Å². The first-order valence-electron chi connectivity index (χ1n) is 5.18. The Balaban J connectivity index is 2.37. The van der Waals surface area contributed by atoms with E-state index in [1.54, 1.807) is 0 Å². The van der Waals surface area contributed by atoms with E-state index in [0.717, 1.165) is 20.9 Å². The third-order valence-electron chi connectivity index (χ3n) is 2.58. The number of thiol groups is 2. The van der Waals surface area contributed by atoms with Gasteiger partial charge in [-0.2, -0.15) is 5.26 Å². The molecule has 0 bridgehead atoms. The molecule has 0 aliphatic carbocycles. The molecule has 2 rings (SSSR count). The van der Waals surface area contributed by atoms with Crippen LogP contribution in [0, 0.1) is 11.3 Å². The maximum Gasteiger partial charge on any atom is 0.0962 e. The van der Waals surface area contributed by atoms with E-state index in [-0.39, 0.29) is 5.92 Å². The van der Waals surface area contributed by atoms with Crippen LogP contribution in [0.5, 0.6) is 0 Å². The zero-order valence-corrected chi connectivity index (χ0v) is 10.8. The molecule has 0 saturated carbocycles. The van der Waals surface area contributed by atoms with Gasteiger partial charge in [0.2, 0.25) is 0 Å². The molecule has 2 aromatic carbocycles. The third kappa shape index (κ3) is 2.85. The number of nitrogens with zero attached hydrogens (tertiary/aromatic N) is 1. The molecule has 17 heavy (non-hydrogen) atoms. The van der Waals surface area contributed by atoms with E-state index in [2.05, 4.69) is 31.3 Å². The minimum absolute atomic E-state index is 0.238. The predicted octanol–water partition coefficient (Wildman–Crippen LogP) is 3.92. The molecule has 0 amide bonds. The highest BCUT2D eigenvalue weighted by Gasteiger charge is 2.12. The highest BCUT2D eigenvalue weighted by Crippen LogP contribution is 2.25. The largest absolute Gasteiger partial charge is 0.197 e. The van der Waals surface area contributed by atoms with Crippen LogP contribution in [0.3, 0.4) is 0 Å². The second kappa shape index (κ2) is 5.31. The van der Waals surface area contributed by atoms with Crippen LogP contribution >= 0.6 is 25.3 Å². The van der Waals surface area contributed by atoms with Crippen molar-refractivity contribution in [2.45, 2.75) is 15.7 Å². The first kappa shape index (κ1) is 12.1. The fourth-order valence-electron chi connectivity index (χ4n) is 1.68. The Morgan fingerprint density at radius 2 is 1.12 bits per heavy atom. The fourth-order valence-corrected chi connectivity index (χ4v) is 1.97. The summed E-state index contributed by atoms with van der Waals surface area (Å²) in [4.78, 5) is 1.80. The lowest BCUT2D eigenvalue weighted by molar-refractivity contribution is 1.03. The lowest BCUT2D eigenvalue weighted by atomic mass is 9.93. The number of nitriles is 1. The molecule has 0 unspecified atom stereocenters. The average molecular weight is 257 g/mol. The van der Waals surface area contributed by atoms with Gasteiger partial charge in [0, 0.05) is 9.79 Å². The molecule has 0 aromatic heterocycles. The van der Waals surface area contributed by atoms with Crippen LogP contribution in [0.4, 0.5) is 0 Å². The SMILES string of the molecule is N#CC(c1ccc(S)cc1)c1ccc(S)cc1. The topological polar surface area (TPSA) is 23.8 Å². The van der Waals surface area contributed by atoms with E-state index in [4.69, 9.17) is 0 Å². The van der Waals surface area contributed by atoms with Crippen LogP contribution in [0.2, 0.25) is 0 Å². The molecule has 2 aromatic rings. The van der Waals surface area contributed by atoms with Crippen molar-refractivity contribution in [3.8, 4) is 6.07 Å². The fraction of sp³-hybridized carbons (Fsp3) is 0.0714. The number of benzene rings is 2. The van der Waals surface area contributed by atoms with Crippen LogP contribution in [0.25, 0.3) is 0 Å². The van der Waals surface area contributed by atoms with Gasteiger partial charge in [0.15, 0.2) is 0 Å². The maximum absolute atomic E-state index is 9.28. The summed E-state index contributed by atoms with van der Waals surface area (Å²) in [6, 6.07) is 17.7. The molecule has 0 fully saturated rings. The van der Waals surface area contributed by atoms with Crippen molar-refractivity contribution in [3.05, 3.63) is 59.7 Å². The van der Waals surface area contributed by atoms with Crippen LogP contribution in [-0.4, -0.2) is 0 Å². The zero-order valence-electron chi connectivity index (χ0n) is 9.04. The molecular weight excluding hydrogens is 246 g/mol. The maximum atomic E-state index is 9.28. The van der Waals surface area contributed by atoms with Crippen LogP contribution in [0.15, 0.2) is 58.3 Å². The molecule has 0 heterocycles. The third-order valence-corrected chi connectivity index (χ3v) is 3.18. The Bertz CT molecular complexity index is 492. The molecule has 0 atom stereocenters. The first-order chi connectivity index (χ1) is 8.20. The van der Waals surface area contributed by atoms with Gasteiger partial charge in [0.05, 0.1) is 12.0 Å². The summed E-state index contributed by atoms with van der Waals surface area (Å²) in [5, 5.41) is 9.28. The van der Waals surface area contributed by atoms with E-state index in [1.165, 1.54) is 0 Å². The summed E-state index contributed by atoms with van der Waals surface area (Å²) in [6.07, 6.45) is 0. The van der Waals surface area contributed by atoms with Gasteiger partial charge in [-0.15, -0.1) is 25.3 Å². The summed E-state index contributed by atoms with van der Waals surface area (Å²) in [6.45, 7) is 0. The van der Waals surface area contributed by atoms with E-state index >= 15 is 0 Å². The standard InChI is InChI=1S/C14H11NS2/c15-9-14(10-1-5-12(16)6-2-10)11-3-7-13(17)8-4-11/h1-8,14,16-17H. The van der Waals surface area contributed by atoms with Crippen molar-refractivity contribution in [1.82, 2.24) is 0 Å². The van der Waals surface area contributed by atoms with Gasteiger partial charge in [-0.3, -0.25) is 0 Å². The lowest BCUT2D eigenvalue weighted by Gasteiger charge is -2.10. The van der Waals surface area contributed by atoms with Crippen molar-refractivity contribution in [1.29, 1.82) is 5.26 Å². The molecule has 3 heteroatoms. The summed E-state index contributed by atoms with van der Waals surface area (Å²) in [5.41, 5.74) is 1.97. The van der Waals surface area contributed by atoms with Crippen LogP contribution < -0.4 is 0 Å². The van der Waals surface area contributed by atoms with E-state index in [1.807, 2.05) is 48.5 Å². The van der Waals surface area contributed by atoms with Gasteiger partial charge in [-0.25, -0.2) is 0 Å². The Labute approximate surface area is 112 Å². The highest BCUT2D eigenvalue weighted by molar-refractivity contribution is 7.80. The Hall–Kier alpha value is -1.37. The van der Waals surface area contributed by atoms with Gasteiger partial charge in [0.1, 0.15) is 0 Å². The molecular formula is C14H11NS2. The molecule has 0 N–H and O–H groups in total. The number of hydrogen-bond donors (Lipinski definition) is 2. The molecule has 1 nitrogen and oxygen atoms in total. The quantitative estimate of drug-likeness (QED) is 0.783. The first-order valence-corrected chi connectivity index (χ1v) is 6.07. The van der Waals surface area contributed by atoms with Crippen molar-refractivity contribution in [2.75, 3.05) is 0 Å². The zero-order chi connectivity index (χ0) is 12.3. The number of rotatable bonds is 2. The summed E-state index contributed by atoms with van der Waals surface area (Å²) in [5.74, 6) is -0.238. The van der Waals surface area contributed by atoms with E-state index in [9.17, 15) is 5.26 Å². The number of hydrogen-bond acceptors (Lipinski definition) is 3. The molecule has 0 aliphatic heterocycles. The average Bonchev–Trinajstić information content (AvgIpc) is 2.35. The molecule has 0 saturated heterocycles. The Morgan fingerprint density at radius 1 is 0.765 bits per heavy atom. The molecule has 84 valence electrons. The van der Waals surface area contributed by atoms with E-state index in [0.29, 0.717) is 0 Å². The van der Waals surface area contributed by atoms with Crippen molar-refractivity contribution >= 4 is 25.3 Å². The monoisotopic (exact) mass is 257 g/mol. The van der Waals surface area contributed by atoms with Crippen LogP contribution in [0.1, 0.15) is 17.0 Å². The molecule has 0 aliphatic rings. The molecule has 0 spiro atoms. The van der Waals surface area contributed by atoms with Gasteiger partial charge in [-0.05, 0) is 35.4 Å². The minimum Gasteiger partial charge on any atom is -0.197 e. The minimum atomic E-state index is -0.238. The predicted molar refractivity (Wildman–Crippen MR) is 74.8 cm³/mol. The van der Waals surface area contributed by atoms with Crippen molar-refractivity contribution < 1.29 is 0 Å². The van der Waals surface area contributed by atoms with Gasteiger partial charge >= 0.3 is 0 Å². The van der Waals surface area contributed by atoms with Gasteiger partial charge in [0.25, 0.3) is 0 Å². The van der Waals surface area contributed by atoms with Crippen molar-refractivity contribution in [3.63, 3.8) is 0 Å². The second-order valence-electron chi connectivity index (χ2n) is 3.75. The summed E-state index contributed by atoms with van der Waals surface area (Å²) in [7, 11) is 0. The normalized spacial score (nSPS) is 10.2. The Kier molecular flexibility index (Phi) is 3.78. The highest BCUT2D eigenvalue weighted by atomic mass is 32.1. The Morgan fingerprint density at radius 3 is 1.41 bits per heavy atom. The van der Waals surface area contributed by atoms with Gasteiger partial charge < -0.3 is 0 Å². The lowest BCUT2D eigenvalue weighted by Crippen LogP contribution is -1.97. The smallest absolute Gasteiger partial charge is 0.0962 e.